The fraction of sp³-hybridized carbons (Fsp3) is 0.200. The summed E-state index contributed by atoms with van der Waals surface area (Å²) >= 11 is 0. The number of hydrogen-bond acceptors (Lipinski definition) is 3. The Hall–Kier alpha value is -1.91. The lowest BCUT2D eigenvalue weighted by Crippen LogP contribution is -1.95. The quantitative estimate of drug-likeness (QED) is 0.889. The number of halogens is 1. The van der Waals surface area contributed by atoms with Crippen LogP contribution in [0.5, 0.6) is 11.5 Å². The molecule has 0 radical (unpaired) electrons. The van der Waals surface area contributed by atoms with Gasteiger partial charge in [-0.3, -0.25) is 0 Å². The highest BCUT2D eigenvalue weighted by molar-refractivity contribution is 5.36. The van der Waals surface area contributed by atoms with Crippen molar-refractivity contribution in [1.82, 2.24) is 0 Å². The molecule has 19 heavy (non-hydrogen) atoms. The van der Waals surface area contributed by atoms with Crippen molar-refractivity contribution in [2.45, 2.75) is 19.6 Å². The lowest BCUT2D eigenvalue weighted by atomic mass is 10.1. The minimum Gasteiger partial charge on any atom is -0.454 e. The molecule has 2 N–H and O–H groups in total. The second kappa shape index (κ2) is 5.82. The molecule has 0 aliphatic heterocycles. The van der Waals surface area contributed by atoms with E-state index in [1.54, 1.807) is 37.3 Å². The molecule has 0 fully saturated rings. The third-order valence-electron chi connectivity index (χ3n) is 2.75. The van der Waals surface area contributed by atoms with Crippen LogP contribution in [0.25, 0.3) is 0 Å². The van der Waals surface area contributed by atoms with Crippen LogP contribution in [-0.4, -0.2) is 10.2 Å². The molecule has 0 unspecified atom stereocenters. The highest BCUT2D eigenvalue weighted by Crippen LogP contribution is 2.27. The number of benzene rings is 2. The molecule has 2 aromatic rings. The van der Waals surface area contributed by atoms with Gasteiger partial charge in [0.1, 0.15) is 5.75 Å². The average molecular weight is 262 g/mol. The zero-order chi connectivity index (χ0) is 13.8. The highest BCUT2D eigenvalue weighted by Gasteiger charge is 2.09. The summed E-state index contributed by atoms with van der Waals surface area (Å²) in [6.07, 6.45) is -0.721. The number of aliphatic hydroxyl groups is 2. The van der Waals surface area contributed by atoms with Crippen molar-refractivity contribution in [2.24, 2.45) is 0 Å². The van der Waals surface area contributed by atoms with Crippen molar-refractivity contribution in [3.05, 3.63) is 59.4 Å². The van der Waals surface area contributed by atoms with Crippen molar-refractivity contribution in [3.8, 4) is 11.5 Å². The van der Waals surface area contributed by atoms with Crippen molar-refractivity contribution in [1.29, 1.82) is 0 Å². The fourth-order valence-electron chi connectivity index (χ4n) is 1.69. The Morgan fingerprint density at radius 2 is 2.00 bits per heavy atom. The average Bonchev–Trinajstić information content (AvgIpc) is 2.41. The van der Waals surface area contributed by atoms with Gasteiger partial charge in [0.15, 0.2) is 11.6 Å². The van der Waals surface area contributed by atoms with Gasteiger partial charge in [-0.05, 0) is 42.3 Å². The predicted octanol–water partition coefficient (Wildman–Crippen LogP) is 3.16. The number of aliphatic hydroxyl groups excluding tert-OH is 2. The first-order chi connectivity index (χ1) is 9.10. The van der Waals surface area contributed by atoms with E-state index in [9.17, 15) is 9.50 Å². The van der Waals surface area contributed by atoms with E-state index >= 15 is 0 Å². The lowest BCUT2D eigenvalue weighted by Gasteiger charge is -2.10. The van der Waals surface area contributed by atoms with Crippen molar-refractivity contribution < 1.29 is 19.3 Å². The summed E-state index contributed by atoms with van der Waals surface area (Å²) in [4.78, 5) is 0. The first-order valence-electron chi connectivity index (χ1n) is 5.95. The first-order valence-corrected chi connectivity index (χ1v) is 5.95. The van der Waals surface area contributed by atoms with E-state index in [1.807, 2.05) is 0 Å². The maximum atomic E-state index is 13.8. The van der Waals surface area contributed by atoms with E-state index < -0.39 is 11.9 Å². The summed E-state index contributed by atoms with van der Waals surface area (Å²) in [5.74, 6) is 0.00235. The van der Waals surface area contributed by atoms with Crippen molar-refractivity contribution >= 4 is 0 Å². The maximum Gasteiger partial charge on any atom is 0.166 e. The Morgan fingerprint density at radius 1 is 1.21 bits per heavy atom. The van der Waals surface area contributed by atoms with Crippen molar-refractivity contribution in [3.63, 3.8) is 0 Å². The zero-order valence-corrected chi connectivity index (χ0v) is 10.5. The molecule has 1 atom stereocenters. The van der Waals surface area contributed by atoms with E-state index in [0.717, 1.165) is 0 Å². The van der Waals surface area contributed by atoms with Crippen LogP contribution in [0, 0.1) is 5.82 Å². The normalized spacial score (nSPS) is 12.2. The summed E-state index contributed by atoms with van der Waals surface area (Å²) < 4.78 is 19.2. The van der Waals surface area contributed by atoms with Crippen LogP contribution in [0.2, 0.25) is 0 Å². The fourth-order valence-corrected chi connectivity index (χ4v) is 1.69. The molecule has 3 nitrogen and oxygen atoms in total. The van der Waals surface area contributed by atoms with E-state index in [4.69, 9.17) is 9.84 Å². The topological polar surface area (TPSA) is 49.7 Å². The molecule has 2 aromatic carbocycles. The SMILES string of the molecule is C[C@@H](O)c1ccc(Oc2cccc(CO)c2)c(F)c1. The molecular formula is C15H15FO3. The smallest absolute Gasteiger partial charge is 0.166 e. The van der Waals surface area contributed by atoms with Gasteiger partial charge in [0.05, 0.1) is 12.7 Å². The molecule has 0 bridgehead atoms. The molecule has 4 heteroatoms. The Balaban J connectivity index is 2.23. The van der Waals surface area contributed by atoms with E-state index in [-0.39, 0.29) is 12.4 Å². The van der Waals surface area contributed by atoms with Crippen LogP contribution < -0.4 is 4.74 Å². The standard InChI is InChI=1S/C15H15FO3/c1-10(18)12-5-6-15(14(16)8-12)19-13-4-2-3-11(7-13)9-17/h2-8,10,17-18H,9H2,1H3/t10-/m1/s1. The first kappa shape index (κ1) is 13.5. The van der Waals surface area contributed by atoms with Gasteiger partial charge >= 0.3 is 0 Å². The second-order valence-electron chi connectivity index (χ2n) is 4.27. The monoisotopic (exact) mass is 262 g/mol. The van der Waals surface area contributed by atoms with Crippen LogP contribution in [-0.2, 0) is 6.61 Å². The minimum absolute atomic E-state index is 0.0829. The molecular weight excluding hydrogens is 247 g/mol. The maximum absolute atomic E-state index is 13.8. The molecule has 0 aliphatic rings. The molecule has 0 aromatic heterocycles. The van der Waals surface area contributed by atoms with Crippen LogP contribution in [0.3, 0.4) is 0 Å². The molecule has 0 aliphatic carbocycles. The van der Waals surface area contributed by atoms with Crippen LogP contribution in [0.4, 0.5) is 4.39 Å². The van der Waals surface area contributed by atoms with Gasteiger partial charge in [-0.2, -0.15) is 0 Å². The lowest BCUT2D eigenvalue weighted by molar-refractivity contribution is 0.198. The third kappa shape index (κ3) is 3.30. The van der Waals surface area contributed by atoms with Crippen LogP contribution in [0.1, 0.15) is 24.2 Å². The van der Waals surface area contributed by atoms with Gasteiger partial charge in [-0.1, -0.05) is 18.2 Å². The highest BCUT2D eigenvalue weighted by atomic mass is 19.1. The summed E-state index contributed by atoms with van der Waals surface area (Å²) in [6.45, 7) is 1.47. The molecule has 2 rings (SSSR count). The molecule has 0 heterocycles. The molecule has 0 saturated heterocycles. The molecule has 0 spiro atoms. The van der Waals surface area contributed by atoms with Gasteiger partial charge in [-0.15, -0.1) is 0 Å². The van der Waals surface area contributed by atoms with Gasteiger partial charge in [0.2, 0.25) is 0 Å². The summed E-state index contributed by atoms with van der Waals surface area (Å²) in [5.41, 5.74) is 1.19. The summed E-state index contributed by atoms with van der Waals surface area (Å²) in [7, 11) is 0. The Labute approximate surface area is 110 Å². The van der Waals surface area contributed by atoms with Crippen molar-refractivity contribution in [2.75, 3.05) is 0 Å². The van der Waals surface area contributed by atoms with Gasteiger partial charge in [0, 0.05) is 0 Å². The number of rotatable bonds is 4. The van der Waals surface area contributed by atoms with E-state index in [0.29, 0.717) is 16.9 Å². The van der Waals surface area contributed by atoms with E-state index in [2.05, 4.69) is 0 Å². The Morgan fingerprint density at radius 3 is 2.63 bits per heavy atom. The largest absolute Gasteiger partial charge is 0.454 e. The predicted molar refractivity (Wildman–Crippen MR) is 69.5 cm³/mol. The Bertz CT molecular complexity index is 567. The van der Waals surface area contributed by atoms with Crippen LogP contribution >= 0.6 is 0 Å². The zero-order valence-electron chi connectivity index (χ0n) is 10.5. The Kier molecular flexibility index (Phi) is 4.14. The van der Waals surface area contributed by atoms with E-state index in [1.165, 1.54) is 12.1 Å². The summed E-state index contributed by atoms with van der Waals surface area (Å²) in [5, 5.41) is 18.4. The summed E-state index contributed by atoms with van der Waals surface area (Å²) in [6, 6.07) is 11.1. The second-order valence-corrected chi connectivity index (χ2v) is 4.27. The van der Waals surface area contributed by atoms with Gasteiger partial charge < -0.3 is 14.9 Å². The minimum atomic E-state index is -0.721. The molecule has 100 valence electrons. The van der Waals surface area contributed by atoms with Gasteiger partial charge in [-0.25, -0.2) is 4.39 Å². The van der Waals surface area contributed by atoms with Crippen LogP contribution in [0.15, 0.2) is 42.5 Å². The molecule has 0 amide bonds. The third-order valence-corrected chi connectivity index (χ3v) is 2.75. The van der Waals surface area contributed by atoms with Gasteiger partial charge in [0.25, 0.3) is 0 Å². The number of hydrogen-bond donors (Lipinski definition) is 2. The number of ether oxygens (including phenoxy) is 1. The molecule has 0 saturated carbocycles.